The van der Waals surface area contributed by atoms with Crippen LogP contribution in [0.15, 0.2) is 12.1 Å². The maximum Gasteiger partial charge on any atom is 0.112 e. The van der Waals surface area contributed by atoms with E-state index in [0.717, 1.165) is 24.3 Å². The average molecular weight is 259 g/mol. The van der Waals surface area contributed by atoms with Crippen molar-refractivity contribution in [3.05, 3.63) is 29.1 Å². The van der Waals surface area contributed by atoms with Crippen molar-refractivity contribution in [2.24, 2.45) is 5.73 Å². The topological polar surface area (TPSA) is 43.8 Å². The fourth-order valence-corrected chi connectivity index (χ4v) is 2.39. The number of aromatic nitrogens is 2. The molecule has 0 spiro atoms. The number of benzene rings is 1. The van der Waals surface area contributed by atoms with Gasteiger partial charge >= 0.3 is 0 Å². The van der Waals surface area contributed by atoms with Crippen LogP contribution in [-0.4, -0.2) is 15.6 Å². The molecule has 2 aromatic rings. The van der Waals surface area contributed by atoms with Crippen LogP contribution in [0.3, 0.4) is 0 Å². The molecule has 1 unspecified atom stereocenters. The number of imidazole rings is 1. The maximum atomic E-state index is 6.14. The van der Waals surface area contributed by atoms with Crippen LogP contribution in [-0.2, 0) is 6.54 Å². The molecule has 0 fully saturated rings. The van der Waals surface area contributed by atoms with Crippen molar-refractivity contribution in [3.63, 3.8) is 0 Å². The Kier molecular flexibility index (Phi) is 3.95. The first-order valence-electron chi connectivity index (χ1n) is 7.17. The molecule has 0 saturated heterocycles. The van der Waals surface area contributed by atoms with Crippen LogP contribution < -0.4 is 5.73 Å². The molecule has 0 radical (unpaired) electrons. The molecule has 3 heteroatoms. The summed E-state index contributed by atoms with van der Waals surface area (Å²) >= 11 is 0. The van der Waals surface area contributed by atoms with Crippen molar-refractivity contribution in [2.45, 2.75) is 59.5 Å². The van der Waals surface area contributed by atoms with Crippen molar-refractivity contribution < 1.29 is 0 Å². The van der Waals surface area contributed by atoms with Crippen LogP contribution in [0.2, 0.25) is 0 Å². The molecule has 104 valence electrons. The predicted octanol–water partition coefficient (Wildman–Crippen LogP) is 3.51. The van der Waals surface area contributed by atoms with E-state index in [4.69, 9.17) is 10.7 Å². The Morgan fingerprint density at radius 1 is 1.21 bits per heavy atom. The first-order chi connectivity index (χ1) is 8.93. The molecule has 0 aliphatic rings. The Morgan fingerprint density at radius 2 is 1.84 bits per heavy atom. The third-order valence-corrected chi connectivity index (χ3v) is 3.85. The fraction of sp³-hybridized carbons (Fsp3) is 0.562. The number of aryl methyl sites for hydroxylation is 2. The molecule has 1 atom stereocenters. The van der Waals surface area contributed by atoms with Gasteiger partial charge in [0, 0.05) is 18.5 Å². The molecular formula is C16H25N3. The average Bonchev–Trinajstić information content (AvgIpc) is 2.68. The molecule has 0 aliphatic carbocycles. The van der Waals surface area contributed by atoms with Crippen LogP contribution in [0.25, 0.3) is 11.0 Å². The van der Waals surface area contributed by atoms with Gasteiger partial charge in [-0.25, -0.2) is 4.98 Å². The Morgan fingerprint density at radius 3 is 2.42 bits per heavy atom. The highest BCUT2D eigenvalue weighted by atomic mass is 15.1. The fourth-order valence-electron chi connectivity index (χ4n) is 2.39. The Balaban J connectivity index is 2.62. The molecule has 0 aliphatic heterocycles. The zero-order chi connectivity index (χ0) is 14.2. The summed E-state index contributed by atoms with van der Waals surface area (Å²) in [6.07, 6.45) is 0.988. The highest BCUT2D eigenvalue weighted by molar-refractivity contribution is 5.78. The second kappa shape index (κ2) is 5.33. The summed E-state index contributed by atoms with van der Waals surface area (Å²) in [5.74, 6) is 1.56. The van der Waals surface area contributed by atoms with E-state index in [-0.39, 0.29) is 6.04 Å². The lowest BCUT2D eigenvalue weighted by atomic mass is 10.1. The molecule has 19 heavy (non-hydrogen) atoms. The van der Waals surface area contributed by atoms with Crippen LogP contribution in [0.4, 0.5) is 0 Å². The van der Waals surface area contributed by atoms with Gasteiger partial charge in [0.05, 0.1) is 11.0 Å². The summed E-state index contributed by atoms with van der Waals surface area (Å²) in [5.41, 5.74) is 11.1. The lowest BCUT2D eigenvalue weighted by molar-refractivity contribution is 0.523. The van der Waals surface area contributed by atoms with E-state index in [9.17, 15) is 0 Å². The molecule has 1 heterocycles. The number of rotatable bonds is 4. The van der Waals surface area contributed by atoms with Crippen LogP contribution in [0, 0.1) is 13.8 Å². The van der Waals surface area contributed by atoms with Gasteiger partial charge in [-0.3, -0.25) is 0 Å². The lowest BCUT2D eigenvalue weighted by Gasteiger charge is -2.15. The first-order valence-corrected chi connectivity index (χ1v) is 7.17. The van der Waals surface area contributed by atoms with Gasteiger partial charge in [0.25, 0.3) is 0 Å². The summed E-state index contributed by atoms with van der Waals surface area (Å²) in [5, 5.41) is 0. The zero-order valence-electron chi connectivity index (χ0n) is 12.7. The molecule has 2 rings (SSSR count). The Labute approximate surface area is 115 Å². The normalized spacial score (nSPS) is 13.4. The highest BCUT2D eigenvalue weighted by Gasteiger charge is 2.16. The number of nitrogens with zero attached hydrogens (tertiary/aromatic N) is 2. The largest absolute Gasteiger partial charge is 0.326 e. The number of fused-ring (bicyclic) bond motifs is 1. The smallest absolute Gasteiger partial charge is 0.112 e. The molecule has 0 saturated carbocycles. The molecule has 1 aromatic heterocycles. The molecule has 1 aromatic carbocycles. The van der Waals surface area contributed by atoms with Gasteiger partial charge in [-0.1, -0.05) is 20.8 Å². The van der Waals surface area contributed by atoms with Crippen LogP contribution >= 0.6 is 0 Å². The highest BCUT2D eigenvalue weighted by Crippen LogP contribution is 2.25. The quantitative estimate of drug-likeness (QED) is 0.913. The van der Waals surface area contributed by atoms with E-state index in [2.05, 4.69) is 51.3 Å². The van der Waals surface area contributed by atoms with Crippen molar-refractivity contribution >= 4 is 11.0 Å². The molecule has 2 N–H and O–H groups in total. The minimum Gasteiger partial charge on any atom is -0.326 e. The van der Waals surface area contributed by atoms with Crippen LogP contribution in [0.1, 0.15) is 50.1 Å². The standard InChI is InChI=1S/C16H25N3/c1-6-13(17)9-19-15-8-12(5)11(4)7-14(15)18-16(19)10(2)3/h7-8,10,13H,6,9,17H2,1-5H3. The Hall–Kier alpha value is -1.35. The zero-order valence-corrected chi connectivity index (χ0v) is 12.7. The van der Waals surface area contributed by atoms with Crippen molar-refractivity contribution in [1.82, 2.24) is 9.55 Å². The summed E-state index contributed by atoms with van der Waals surface area (Å²) in [6.45, 7) is 11.7. The van der Waals surface area contributed by atoms with Gasteiger partial charge in [0.2, 0.25) is 0 Å². The summed E-state index contributed by atoms with van der Waals surface area (Å²) < 4.78 is 2.31. The molecule has 3 nitrogen and oxygen atoms in total. The van der Waals surface area contributed by atoms with Crippen LogP contribution in [0.5, 0.6) is 0 Å². The van der Waals surface area contributed by atoms with E-state index >= 15 is 0 Å². The molecular weight excluding hydrogens is 234 g/mol. The molecule has 0 bridgehead atoms. The summed E-state index contributed by atoms with van der Waals surface area (Å²) in [4.78, 5) is 4.81. The number of hydrogen-bond acceptors (Lipinski definition) is 2. The minimum absolute atomic E-state index is 0.191. The second-order valence-corrected chi connectivity index (χ2v) is 5.83. The van der Waals surface area contributed by atoms with Crippen molar-refractivity contribution in [3.8, 4) is 0 Å². The monoisotopic (exact) mass is 259 g/mol. The third kappa shape index (κ3) is 2.66. The summed E-state index contributed by atoms with van der Waals surface area (Å²) in [7, 11) is 0. The van der Waals surface area contributed by atoms with Gasteiger partial charge in [0.15, 0.2) is 0 Å². The van der Waals surface area contributed by atoms with Gasteiger partial charge in [-0.05, 0) is 43.5 Å². The van der Waals surface area contributed by atoms with Crippen molar-refractivity contribution in [1.29, 1.82) is 0 Å². The summed E-state index contributed by atoms with van der Waals surface area (Å²) in [6, 6.07) is 4.62. The van der Waals surface area contributed by atoms with E-state index in [1.165, 1.54) is 16.6 Å². The number of nitrogens with two attached hydrogens (primary N) is 1. The SMILES string of the molecule is CCC(N)Cn1c(C(C)C)nc2cc(C)c(C)cc21. The van der Waals surface area contributed by atoms with E-state index < -0.39 is 0 Å². The number of hydrogen-bond donors (Lipinski definition) is 1. The second-order valence-electron chi connectivity index (χ2n) is 5.83. The minimum atomic E-state index is 0.191. The third-order valence-electron chi connectivity index (χ3n) is 3.85. The first kappa shape index (κ1) is 14.1. The van der Waals surface area contributed by atoms with Gasteiger partial charge in [0.1, 0.15) is 5.82 Å². The Bertz CT molecular complexity index is 581. The predicted molar refractivity (Wildman–Crippen MR) is 81.6 cm³/mol. The van der Waals surface area contributed by atoms with Gasteiger partial charge in [-0.2, -0.15) is 0 Å². The maximum absolute atomic E-state index is 6.14. The molecule has 0 amide bonds. The van der Waals surface area contributed by atoms with E-state index in [0.29, 0.717) is 5.92 Å². The van der Waals surface area contributed by atoms with E-state index in [1.54, 1.807) is 0 Å². The lowest BCUT2D eigenvalue weighted by Crippen LogP contribution is -2.26. The van der Waals surface area contributed by atoms with Crippen molar-refractivity contribution in [2.75, 3.05) is 0 Å². The van der Waals surface area contributed by atoms with Gasteiger partial charge < -0.3 is 10.3 Å². The van der Waals surface area contributed by atoms with Gasteiger partial charge in [-0.15, -0.1) is 0 Å². The van der Waals surface area contributed by atoms with E-state index in [1.807, 2.05) is 0 Å².